The van der Waals surface area contributed by atoms with Gasteiger partial charge in [-0.25, -0.2) is 9.78 Å². The quantitative estimate of drug-likeness (QED) is 0.413. The van der Waals surface area contributed by atoms with Crippen LogP contribution in [0.4, 0.5) is 4.79 Å². The molecule has 0 aliphatic heterocycles. The largest absolute Gasteiger partial charge is 0.481 e. The number of likely N-dealkylation sites (N-methyl/N-ethyl adjacent to an activating group) is 1. The minimum atomic E-state index is -0.920. The minimum Gasteiger partial charge on any atom is -0.481 e. The second-order valence-corrected chi connectivity index (χ2v) is 8.56. The molecule has 0 bridgehead atoms. The highest BCUT2D eigenvalue weighted by Crippen LogP contribution is 2.44. The molecule has 2 amide bonds. The van der Waals surface area contributed by atoms with Gasteiger partial charge in [0.05, 0.1) is 6.33 Å². The molecule has 1 aromatic heterocycles. The molecule has 0 fully saturated rings. The maximum absolute atomic E-state index is 13.0. The van der Waals surface area contributed by atoms with Crippen molar-refractivity contribution in [3.63, 3.8) is 0 Å². The Labute approximate surface area is 203 Å². The number of alkyl carbamates (subject to hydrolysis) is 1. The van der Waals surface area contributed by atoms with E-state index in [2.05, 4.69) is 27.4 Å². The maximum atomic E-state index is 13.0. The topological polar surface area (TPSA) is 125 Å². The Balaban J connectivity index is 1.41. The van der Waals surface area contributed by atoms with Gasteiger partial charge in [-0.1, -0.05) is 48.5 Å². The van der Waals surface area contributed by atoms with E-state index >= 15 is 0 Å². The van der Waals surface area contributed by atoms with Gasteiger partial charge in [-0.3, -0.25) is 9.59 Å². The molecule has 3 aromatic rings. The number of nitrogens with one attached hydrogen (secondary N) is 2. The second kappa shape index (κ2) is 10.9. The Morgan fingerprint density at radius 3 is 2.37 bits per heavy atom. The number of aromatic nitrogens is 2. The lowest BCUT2D eigenvalue weighted by Gasteiger charge is -2.24. The van der Waals surface area contributed by atoms with Crippen molar-refractivity contribution in [2.45, 2.75) is 31.2 Å². The van der Waals surface area contributed by atoms with Crippen molar-refractivity contribution in [3.05, 3.63) is 77.9 Å². The average molecular weight is 477 g/mol. The number of hydrogen-bond donors (Lipinski definition) is 3. The molecule has 0 saturated heterocycles. The van der Waals surface area contributed by atoms with Crippen molar-refractivity contribution < 1.29 is 24.2 Å². The molecule has 3 N–H and O–H groups in total. The zero-order valence-corrected chi connectivity index (χ0v) is 19.4. The van der Waals surface area contributed by atoms with Gasteiger partial charge in [-0.15, -0.1) is 0 Å². The number of aromatic amines is 1. The smallest absolute Gasteiger partial charge is 0.407 e. The lowest BCUT2D eigenvalue weighted by Crippen LogP contribution is -2.49. The average Bonchev–Trinajstić information content (AvgIpc) is 3.47. The van der Waals surface area contributed by atoms with E-state index in [0.29, 0.717) is 12.1 Å². The highest BCUT2D eigenvalue weighted by Gasteiger charge is 2.30. The van der Waals surface area contributed by atoms with Crippen LogP contribution < -0.4 is 5.32 Å². The fourth-order valence-corrected chi connectivity index (χ4v) is 4.44. The molecule has 1 aliphatic rings. The fraction of sp³-hybridized carbons (Fsp3) is 0.308. The van der Waals surface area contributed by atoms with E-state index < -0.39 is 18.1 Å². The lowest BCUT2D eigenvalue weighted by atomic mass is 9.98. The van der Waals surface area contributed by atoms with E-state index in [1.165, 1.54) is 11.2 Å². The number of H-pyrrole nitrogens is 1. The molecule has 2 aromatic carbocycles. The van der Waals surface area contributed by atoms with Crippen LogP contribution in [0.2, 0.25) is 0 Å². The summed E-state index contributed by atoms with van der Waals surface area (Å²) in [6, 6.07) is 15.2. The summed E-state index contributed by atoms with van der Waals surface area (Å²) in [7, 11) is 1.59. The van der Waals surface area contributed by atoms with Crippen molar-refractivity contribution in [1.29, 1.82) is 0 Å². The van der Waals surface area contributed by atoms with Gasteiger partial charge >= 0.3 is 12.1 Å². The standard InChI is InChI=1S/C26H28N4O5/c1-30(12-6-11-24(31)32)25(33)23(13-17-14-27-16-28-17)29-26(34)35-15-22-20-9-4-2-7-18(20)19-8-3-5-10-21(19)22/h2-5,7-10,14,16,22-23H,6,11-13,15H2,1H3,(H,27,28)(H,29,34)(H,31,32). The van der Waals surface area contributed by atoms with E-state index in [1.807, 2.05) is 36.4 Å². The number of carbonyl (C=O) groups is 3. The third kappa shape index (κ3) is 5.68. The third-order valence-corrected chi connectivity index (χ3v) is 6.17. The molecule has 182 valence electrons. The van der Waals surface area contributed by atoms with E-state index in [4.69, 9.17) is 9.84 Å². The molecule has 1 atom stereocenters. The molecular formula is C26H28N4O5. The summed E-state index contributed by atoms with van der Waals surface area (Å²) in [6.07, 6.45) is 2.88. The number of imidazole rings is 1. The first-order valence-electron chi connectivity index (χ1n) is 11.5. The first-order chi connectivity index (χ1) is 16.9. The molecule has 35 heavy (non-hydrogen) atoms. The van der Waals surface area contributed by atoms with Crippen LogP contribution in [0.1, 0.15) is 35.6 Å². The number of aliphatic carboxylic acids is 1. The van der Waals surface area contributed by atoms with Crippen molar-refractivity contribution in [1.82, 2.24) is 20.2 Å². The number of fused-ring (bicyclic) bond motifs is 3. The molecule has 1 heterocycles. The van der Waals surface area contributed by atoms with Gasteiger partial charge < -0.3 is 25.0 Å². The molecule has 4 rings (SSSR count). The normalized spacial score (nSPS) is 12.9. The van der Waals surface area contributed by atoms with Crippen LogP contribution in [0.15, 0.2) is 61.1 Å². The summed E-state index contributed by atoms with van der Waals surface area (Å²) in [5, 5.41) is 11.5. The number of amides is 2. The number of benzene rings is 2. The van der Waals surface area contributed by atoms with Crippen LogP contribution in [0.5, 0.6) is 0 Å². The van der Waals surface area contributed by atoms with Gasteiger partial charge in [0.1, 0.15) is 12.6 Å². The SMILES string of the molecule is CN(CCCC(=O)O)C(=O)C(Cc1cnc[nH]1)NC(=O)OCC1c2ccccc2-c2ccccc21. The zero-order valence-electron chi connectivity index (χ0n) is 19.4. The molecule has 0 radical (unpaired) electrons. The second-order valence-electron chi connectivity index (χ2n) is 8.56. The Hall–Kier alpha value is -4.14. The molecule has 1 aliphatic carbocycles. The fourth-order valence-electron chi connectivity index (χ4n) is 4.44. The van der Waals surface area contributed by atoms with Crippen molar-refractivity contribution >= 4 is 18.0 Å². The summed E-state index contributed by atoms with van der Waals surface area (Å²) in [4.78, 5) is 44.9. The monoisotopic (exact) mass is 476 g/mol. The van der Waals surface area contributed by atoms with Gasteiger partial charge in [0.2, 0.25) is 5.91 Å². The van der Waals surface area contributed by atoms with Gasteiger partial charge in [0.25, 0.3) is 0 Å². The van der Waals surface area contributed by atoms with E-state index in [1.54, 1.807) is 13.2 Å². The number of carboxylic acid groups (broad SMARTS) is 1. The van der Waals surface area contributed by atoms with Crippen LogP contribution in [0, 0.1) is 0 Å². The number of nitrogens with zero attached hydrogens (tertiary/aromatic N) is 2. The van der Waals surface area contributed by atoms with E-state index in [-0.39, 0.29) is 37.8 Å². The highest BCUT2D eigenvalue weighted by molar-refractivity contribution is 5.86. The van der Waals surface area contributed by atoms with E-state index in [0.717, 1.165) is 22.3 Å². The molecule has 0 spiro atoms. The van der Waals surface area contributed by atoms with Crippen LogP contribution in [-0.4, -0.2) is 64.2 Å². The lowest BCUT2D eigenvalue weighted by molar-refractivity contribution is -0.138. The van der Waals surface area contributed by atoms with Gasteiger partial charge in [-0.2, -0.15) is 0 Å². The van der Waals surface area contributed by atoms with Crippen LogP contribution in [-0.2, 0) is 20.7 Å². The Morgan fingerprint density at radius 1 is 1.11 bits per heavy atom. The highest BCUT2D eigenvalue weighted by atomic mass is 16.5. The van der Waals surface area contributed by atoms with E-state index in [9.17, 15) is 14.4 Å². The maximum Gasteiger partial charge on any atom is 0.407 e. The molecule has 9 heteroatoms. The molecule has 0 saturated carbocycles. The first kappa shape index (κ1) is 24.0. The summed E-state index contributed by atoms with van der Waals surface area (Å²) >= 11 is 0. The summed E-state index contributed by atoms with van der Waals surface area (Å²) in [5.41, 5.74) is 5.15. The first-order valence-corrected chi connectivity index (χ1v) is 11.5. The summed E-state index contributed by atoms with van der Waals surface area (Å²) in [5.74, 6) is -1.34. The van der Waals surface area contributed by atoms with Gasteiger partial charge in [0, 0.05) is 44.2 Å². The summed E-state index contributed by atoms with van der Waals surface area (Å²) in [6.45, 7) is 0.399. The number of ether oxygens (including phenoxy) is 1. The predicted octanol–water partition coefficient (Wildman–Crippen LogP) is 3.18. The van der Waals surface area contributed by atoms with Crippen LogP contribution in [0.25, 0.3) is 11.1 Å². The third-order valence-electron chi connectivity index (χ3n) is 6.17. The Kier molecular flexibility index (Phi) is 7.45. The molecule has 1 unspecified atom stereocenters. The molecule has 9 nitrogen and oxygen atoms in total. The molecular weight excluding hydrogens is 448 g/mol. The number of carboxylic acids is 1. The van der Waals surface area contributed by atoms with Gasteiger partial charge in [-0.05, 0) is 28.7 Å². The number of carbonyl (C=O) groups excluding carboxylic acids is 2. The van der Waals surface area contributed by atoms with Crippen molar-refractivity contribution in [2.24, 2.45) is 0 Å². The van der Waals surface area contributed by atoms with Crippen molar-refractivity contribution in [3.8, 4) is 11.1 Å². The van der Waals surface area contributed by atoms with Gasteiger partial charge in [0.15, 0.2) is 0 Å². The summed E-state index contributed by atoms with van der Waals surface area (Å²) < 4.78 is 5.61. The number of rotatable bonds is 10. The Morgan fingerprint density at radius 2 is 1.77 bits per heavy atom. The van der Waals surface area contributed by atoms with Crippen LogP contribution >= 0.6 is 0 Å². The zero-order chi connectivity index (χ0) is 24.8. The van der Waals surface area contributed by atoms with Crippen LogP contribution in [0.3, 0.4) is 0 Å². The van der Waals surface area contributed by atoms with Crippen molar-refractivity contribution in [2.75, 3.05) is 20.2 Å². The number of hydrogen-bond acceptors (Lipinski definition) is 5. The predicted molar refractivity (Wildman–Crippen MR) is 129 cm³/mol. The Bertz CT molecular complexity index is 1150. The minimum absolute atomic E-state index is 0.0390.